The van der Waals surface area contributed by atoms with Crippen LogP contribution in [-0.2, 0) is 0 Å². The fourth-order valence-electron chi connectivity index (χ4n) is 1.83. The van der Waals surface area contributed by atoms with E-state index in [0.717, 1.165) is 20.5 Å². The van der Waals surface area contributed by atoms with Crippen molar-refractivity contribution in [3.05, 3.63) is 33.9 Å². The van der Waals surface area contributed by atoms with Gasteiger partial charge in [0, 0.05) is 12.6 Å². The SMILES string of the molecule is CNc1ccc2[nH]c(-c3ccc(I)c(O)c3)nc2n1. The van der Waals surface area contributed by atoms with Crippen molar-refractivity contribution >= 4 is 39.6 Å². The van der Waals surface area contributed by atoms with Crippen LogP contribution in [0.5, 0.6) is 5.75 Å². The topological polar surface area (TPSA) is 73.8 Å². The van der Waals surface area contributed by atoms with Crippen molar-refractivity contribution in [2.75, 3.05) is 12.4 Å². The van der Waals surface area contributed by atoms with Gasteiger partial charge in [0.2, 0.25) is 0 Å². The number of imidazole rings is 1. The van der Waals surface area contributed by atoms with Crippen LogP contribution in [0.4, 0.5) is 5.82 Å². The van der Waals surface area contributed by atoms with Gasteiger partial charge in [-0.1, -0.05) is 0 Å². The molecule has 1 aromatic carbocycles. The molecule has 0 fully saturated rings. The quantitative estimate of drug-likeness (QED) is 0.610. The molecule has 0 aliphatic rings. The van der Waals surface area contributed by atoms with Crippen molar-refractivity contribution in [3.63, 3.8) is 0 Å². The predicted octanol–water partition coefficient (Wildman–Crippen LogP) is 2.98. The number of aromatic hydroxyl groups is 1. The number of rotatable bonds is 2. The number of phenolic OH excluding ortho intramolecular Hbond substituents is 1. The number of fused-ring (bicyclic) bond motifs is 1. The lowest BCUT2D eigenvalue weighted by molar-refractivity contribution is 0.471. The summed E-state index contributed by atoms with van der Waals surface area (Å²) < 4.78 is 0.813. The fourth-order valence-corrected chi connectivity index (χ4v) is 2.16. The van der Waals surface area contributed by atoms with Gasteiger partial charge in [-0.3, -0.25) is 0 Å². The molecule has 19 heavy (non-hydrogen) atoms. The molecule has 0 saturated heterocycles. The summed E-state index contributed by atoms with van der Waals surface area (Å²) in [4.78, 5) is 12.0. The van der Waals surface area contributed by atoms with Gasteiger partial charge in [-0.05, 0) is 52.9 Å². The molecule has 2 heterocycles. The van der Waals surface area contributed by atoms with Crippen LogP contribution in [0.25, 0.3) is 22.6 Å². The van der Waals surface area contributed by atoms with Crippen LogP contribution in [0.2, 0.25) is 0 Å². The van der Waals surface area contributed by atoms with Crippen LogP contribution in [0.3, 0.4) is 0 Å². The molecule has 6 heteroatoms. The molecule has 0 saturated carbocycles. The molecule has 96 valence electrons. The Kier molecular flexibility index (Phi) is 3.02. The predicted molar refractivity (Wildman–Crippen MR) is 83.3 cm³/mol. The number of pyridine rings is 1. The Morgan fingerprint density at radius 2 is 2.05 bits per heavy atom. The van der Waals surface area contributed by atoms with E-state index in [9.17, 15) is 5.11 Å². The van der Waals surface area contributed by atoms with E-state index in [1.54, 1.807) is 6.07 Å². The number of phenols is 1. The first-order valence-corrected chi connectivity index (χ1v) is 6.78. The smallest absolute Gasteiger partial charge is 0.180 e. The Morgan fingerprint density at radius 3 is 2.79 bits per heavy atom. The summed E-state index contributed by atoms with van der Waals surface area (Å²) >= 11 is 2.08. The summed E-state index contributed by atoms with van der Waals surface area (Å²) in [5, 5.41) is 12.7. The number of H-pyrrole nitrogens is 1. The Labute approximate surface area is 123 Å². The molecule has 3 rings (SSSR count). The maximum atomic E-state index is 9.74. The van der Waals surface area contributed by atoms with Gasteiger partial charge in [-0.15, -0.1) is 0 Å². The second-order valence-corrected chi connectivity index (χ2v) is 5.23. The third-order valence-corrected chi connectivity index (χ3v) is 3.73. The lowest BCUT2D eigenvalue weighted by atomic mass is 10.2. The molecular weight excluding hydrogens is 355 g/mol. The van der Waals surface area contributed by atoms with Crippen molar-refractivity contribution in [2.45, 2.75) is 0 Å². The van der Waals surface area contributed by atoms with Gasteiger partial charge < -0.3 is 15.4 Å². The van der Waals surface area contributed by atoms with Crippen LogP contribution in [0.1, 0.15) is 0 Å². The van der Waals surface area contributed by atoms with Gasteiger partial charge in [-0.25, -0.2) is 9.97 Å². The molecule has 2 aromatic heterocycles. The largest absolute Gasteiger partial charge is 0.507 e. The molecule has 0 radical (unpaired) electrons. The molecule has 0 aliphatic heterocycles. The molecule has 3 N–H and O–H groups in total. The molecule has 0 unspecified atom stereocenters. The monoisotopic (exact) mass is 366 g/mol. The lowest BCUT2D eigenvalue weighted by Gasteiger charge is -1.99. The number of benzene rings is 1. The van der Waals surface area contributed by atoms with Crippen LogP contribution >= 0.6 is 22.6 Å². The highest BCUT2D eigenvalue weighted by atomic mass is 127. The fraction of sp³-hybridized carbons (Fsp3) is 0.0769. The van der Waals surface area contributed by atoms with Crippen molar-refractivity contribution < 1.29 is 5.11 Å². The summed E-state index contributed by atoms with van der Waals surface area (Å²) in [6.07, 6.45) is 0. The van der Waals surface area contributed by atoms with Gasteiger partial charge in [0.05, 0.1) is 9.09 Å². The van der Waals surface area contributed by atoms with E-state index in [2.05, 4.69) is 42.9 Å². The molecule has 0 bridgehead atoms. The lowest BCUT2D eigenvalue weighted by Crippen LogP contribution is -1.91. The average Bonchev–Trinajstić information content (AvgIpc) is 2.84. The Hall–Kier alpha value is -1.83. The first kappa shape index (κ1) is 12.2. The van der Waals surface area contributed by atoms with Crippen molar-refractivity contribution in [2.24, 2.45) is 0 Å². The minimum atomic E-state index is 0.252. The Balaban J connectivity index is 2.11. The highest BCUT2D eigenvalue weighted by molar-refractivity contribution is 14.1. The van der Waals surface area contributed by atoms with E-state index >= 15 is 0 Å². The van der Waals surface area contributed by atoms with Gasteiger partial charge in [0.15, 0.2) is 5.65 Å². The number of hydrogen-bond donors (Lipinski definition) is 3. The summed E-state index contributed by atoms with van der Waals surface area (Å²) in [7, 11) is 1.82. The molecule has 3 aromatic rings. The first-order valence-electron chi connectivity index (χ1n) is 5.71. The second-order valence-electron chi connectivity index (χ2n) is 4.07. The van der Waals surface area contributed by atoms with Crippen LogP contribution < -0.4 is 5.32 Å². The summed E-state index contributed by atoms with van der Waals surface area (Å²) in [5.74, 6) is 1.72. The van der Waals surface area contributed by atoms with Gasteiger partial charge in [-0.2, -0.15) is 0 Å². The van der Waals surface area contributed by atoms with E-state index in [1.165, 1.54) is 0 Å². The van der Waals surface area contributed by atoms with E-state index in [-0.39, 0.29) is 5.75 Å². The molecule has 0 aliphatic carbocycles. The third-order valence-electron chi connectivity index (χ3n) is 2.82. The summed E-state index contributed by atoms with van der Waals surface area (Å²) in [6.45, 7) is 0. The highest BCUT2D eigenvalue weighted by Crippen LogP contribution is 2.27. The minimum Gasteiger partial charge on any atom is -0.507 e. The van der Waals surface area contributed by atoms with Crippen LogP contribution in [-0.4, -0.2) is 27.1 Å². The number of anilines is 1. The number of nitrogens with zero attached hydrogens (tertiary/aromatic N) is 2. The minimum absolute atomic E-state index is 0.252. The van der Waals surface area contributed by atoms with Gasteiger partial charge in [0.25, 0.3) is 0 Å². The molecule has 0 amide bonds. The van der Waals surface area contributed by atoms with Crippen molar-refractivity contribution in [1.82, 2.24) is 15.0 Å². The average molecular weight is 366 g/mol. The highest BCUT2D eigenvalue weighted by Gasteiger charge is 2.08. The maximum Gasteiger partial charge on any atom is 0.180 e. The third kappa shape index (κ3) is 2.23. The summed E-state index contributed by atoms with van der Waals surface area (Å²) in [6, 6.07) is 9.27. The normalized spacial score (nSPS) is 10.8. The van der Waals surface area contributed by atoms with Crippen molar-refractivity contribution in [1.29, 1.82) is 0 Å². The zero-order chi connectivity index (χ0) is 13.4. The van der Waals surface area contributed by atoms with Crippen molar-refractivity contribution in [3.8, 4) is 17.1 Å². The standard InChI is InChI=1S/C13H11IN4O/c1-15-11-5-4-9-13(17-11)18-12(16-9)7-2-3-8(14)10(19)6-7/h2-6,19H,1H3,(H2,15,16,17,18). The number of hydrogen-bond acceptors (Lipinski definition) is 4. The zero-order valence-corrected chi connectivity index (χ0v) is 12.3. The second kappa shape index (κ2) is 4.69. The van der Waals surface area contributed by atoms with Gasteiger partial charge >= 0.3 is 0 Å². The maximum absolute atomic E-state index is 9.74. The number of aromatic amines is 1. The van der Waals surface area contributed by atoms with E-state index in [1.807, 2.05) is 31.3 Å². The van der Waals surface area contributed by atoms with E-state index < -0.39 is 0 Å². The molecule has 0 atom stereocenters. The van der Waals surface area contributed by atoms with E-state index in [0.29, 0.717) is 11.5 Å². The zero-order valence-electron chi connectivity index (χ0n) is 10.1. The molecular formula is C13H11IN4O. The van der Waals surface area contributed by atoms with Crippen LogP contribution in [0.15, 0.2) is 30.3 Å². The number of nitrogens with one attached hydrogen (secondary N) is 2. The molecule has 0 spiro atoms. The summed E-state index contributed by atoms with van der Waals surface area (Å²) in [5.41, 5.74) is 2.36. The number of halogens is 1. The molecule has 5 nitrogen and oxygen atoms in total. The van der Waals surface area contributed by atoms with Gasteiger partial charge in [0.1, 0.15) is 17.4 Å². The van der Waals surface area contributed by atoms with E-state index in [4.69, 9.17) is 0 Å². The number of aromatic nitrogens is 3. The van der Waals surface area contributed by atoms with Crippen LogP contribution in [0, 0.1) is 3.57 Å². The first-order chi connectivity index (χ1) is 9.17. The Bertz CT molecular complexity index is 753. The Morgan fingerprint density at radius 1 is 1.21 bits per heavy atom.